The van der Waals surface area contributed by atoms with Gasteiger partial charge in [-0.25, -0.2) is 0 Å². The molecule has 0 amide bonds. The van der Waals surface area contributed by atoms with Gasteiger partial charge in [-0.05, 0) is 25.0 Å². The van der Waals surface area contributed by atoms with Crippen LogP contribution in [0.15, 0.2) is 36.0 Å². The number of fused-ring (bicyclic) bond motifs is 1. The third kappa shape index (κ3) is 2.88. The summed E-state index contributed by atoms with van der Waals surface area (Å²) in [5.41, 5.74) is -0.831. The van der Waals surface area contributed by atoms with E-state index in [9.17, 15) is 23.1 Å². The van der Waals surface area contributed by atoms with Gasteiger partial charge in [0.1, 0.15) is 5.75 Å². The number of carbonyl (C=O) groups excluding carboxylic acids is 1. The zero-order valence-electron chi connectivity index (χ0n) is 12.9. The average Bonchev–Trinajstić information content (AvgIpc) is 2.54. The van der Waals surface area contributed by atoms with Crippen LogP contribution in [0.1, 0.15) is 42.5 Å². The normalized spacial score (nSPS) is 26.8. The quantitative estimate of drug-likeness (QED) is 0.810. The molecule has 1 fully saturated rings. The van der Waals surface area contributed by atoms with Crippen LogP contribution < -0.4 is 10.1 Å². The summed E-state index contributed by atoms with van der Waals surface area (Å²) >= 11 is 0. The number of benzene rings is 1. The number of halogens is 3. The Morgan fingerprint density at radius 3 is 2.54 bits per heavy atom. The molecule has 0 aromatic heterocycles. The van der Waals surface area contributed by atoms with Crippen molar-refractivity contribution in [3.8, 4) is 5.75 Å². The smallest absolute Gasteiger partial charge is 0.449 e. The summed E-state index contributed by atoms with van der Waals surface area (Å²) in [5, 5.41) is 13.0. The fourth-order valence-corrected chi connectivity index (χ4v) is 3.10. The number of alkyl halides is 3. The van der Waals surface area contributed by atoms with E-state index in [1.54, 1.807) is 0 Å². The van der Waals surface area contributed by atoms with Gasteiger partial charge in [0.25, 0.3) is 0 Å². The molecule has 1 aromatic rings. The van der Waals surface area contributed by atoms with E-state index in [0.717, 1.165) is 38.3 Å². The highest BCUT2D eigenvalue weighted by atomic mass is 19.4. The Balaban J connectivity index is 1.98. The predicted molar refractivity (Wildman–Crippen MR) is 80.5 cm³/mol. The molecule has 0 radical (unpaired) electrons. The second-order valence-corrected chi connectivity index (χ2v) is 6.13. The van der Waals surface area contributed by atoms with Crippen molar-refractivity contribution in [2.24, 2.45) is 0 Å². The van der Waals surface area contributed by atoms with Gasteiger partial charge in [0, 0.05) is 12.2 Å². The average molecular weight is 341 g/mol. The lowest BCUT2D eigenvalue weighted by atomic mass is 9.91. The zero-order valence-corrected chi connectivity index (χ0v) is 12.9. The molecule has 1 atom stereocenters. The van der Waals surface area contributed by atoms with Crippen LogP contribution in [0.3, 0.4) is 0 Å². The molecule has 0 spiro atoms. The molecule has 1 heterocycles. The van der Waals surface area contributed by atoms with Crippen molar-refractivity contribution in [3.63, 3.8) is 0 Å². The third-order valence-corrected chi connectivity index (χ3v) is 4.45. The Morgan fingerprint density at radius 2 is 1.88 bits per heavy atom. The Labute approximate surface area is 137 Å². The summed E-state index contributed by atoms with van der Waals surface area (Å²) < 4.78 is 45.0. The number of carbonyl (C=O) groups is 1. The number of hydrogen-bond donors (Lipinski definition) is 2. The first-order valence-corrected chi connectivity index (χ1v) is 7.91. The second kappa shape index (κ2) is 6.12. The van der Waals surface area contributed by atoms with Crippen molar-refractivity contribution < 1.29 is 27.8 Å². The van der Waals surface area contributed by atoms with E-state index >= 15 is 0 Å². The molecule has 24 heavy (non-hydrogen) atoms. The molecule has 4 nitrogen and oxygen atoms in total. The fourth-order valence-electron chi connectivity index (χ4n) is 3.10. The van der Waals surface area contributed by atoms with Crippen molar-refractivity contribution in [3.05, 3.63) is 41.6 Å². The van der Waals surface area contributed by atoms with Crippen LogP contribution in [0.2, 0.25) is 0 Å². The van der Waals surface area contributed by atoms with Gasteiger partial charge in [0.15, 0.2) is 0 Å². The first kappa shape index (κ1) is 16.8. The summed E-state index contributed by atoms with van der Waals surface area (Å²) in [6.07, 6.45) is 0.531. The summed E-state index contributed by atoms with van der Waals surface area (Å²) in [4.78, 5) is 12.5. The van der Waals surface area contributed by atoms with Crippen molar-refractivity contribution in [1.29, 1.82) is 0 Å². The molecule has 1 aliphatic heterocycles. The van der Waals surface area contributed by atoms with Crippen LogP contribution >= 0.6 is 0 Å². The molecule has 2 aliphatic rings. The molecule has 1 saturated carbocycles. The van der Waals surface area contributed by atoms with Crippen LogP contribution in [0.4, 0.5) is 13.2 Å². The SMILES string of the molecule is O=C1/C(=C\NC2CCCCC2)C(O)(C(F)(F)F)Oc2ccccc21. The van der Waals surface area contributed by atoms with Gasteiger partial charge in [0.2, 0.25) is 5.78 Å². The molecule has 7 heteroatoms. The molecule has 0 saturated heterocycles. The Hall–Kier alpha value is -2.02. The second-order valence-electron chi connectivity index (χ2n) is 6.13. The summed E-state index contributed by atoms with van der Waals surface area (Å²) in [5.74, 6) is -4.82. The number of hydrogen-bond acceptors (Lipinski definition) is 4. The Kier molecular flexibility index (Phi) is 4.29. The number of ketones is 1. The van der Waals surface area contributed by atoms with Crippen LogP contribution in [-0.2, 0) is 0 Å². The molecule has 3 rings (SSSR count). The van der Waals surface area contributed by atoms with Crippen LogP contribution in [0.25, 0.3) is 0 Å². The monoisotopic (exact) mass is 341 g/mol. The molecule has 1 aromatic carbocycles. The van der Waals surface area contributed by atoms with Crippen LogP contribution in [0.5, 0.6) is 5.75 Å². The van der Waals surface area contributed by atoms with Gasteiger partial charge >= 0.3 is 12.0 Å². The maximum absolute atomic E-state index is 13.4. The van der Waals surface area contributed by atoms with Crippen LogP contribution in [-0.4, -0.2) is 28.9 Å². The summed E-state index contributed by atoms with van der Waals surface area (Å²) in [6.45, 7) is 0. The van der Waals surface area contributed by atoms with E-state index in [1.165, 1.54) is 24.3 Å². The molecular weight excluding hydrogens is 323 g/mol. The van der Waals surface area contributed by atoms with Crippen molar-refractivity contribution >= 4 is 5.78 Å². The van der Waals surface area contributed by atoms with Gasteiger partial charge in [0.05, 0.1) is 11.1 Å². The molecule has 1 aliphatic carbocycles. The lowest BCUT2D eigenvalue weighted by molar-refractivity contribution is -0.315. The topological polar surface area (TPSA) is 58.6 Å². The van der Waals surface area contributed by atoms with E-state index in [4.69, 9.17) is 4.74 Å². The van der Waals surface area contributed by atoms with E-state index in [0.29, 0.717) is 0 Å². The number of aliphatic hydroxyl groups is 1. The standard InChI is InChI=1S/C17H18F3NO3/c18-17(19,20)16(23)13(10-21-11-6-2-1-3-7-11)15(22)12-8-4-5-9-14(12)24-16/h4-5,8-11,21,23H,1-3,6-7H2/b13-10+. The molecular formula is C17H18F3NO3. The highest BCUT2D eigenvalue weighted by molar-refractivity contribution is 6.12. The highest BCUT2D eigenvalue weighted by Crippen LogP contribution is 2.44. The first-order chi connectivity index (χ1) is 11.3. The number of para-hydroxylation sites is 1. The van der Waals surface area contributed by atoms with Gasteiger partial charge in [-0.2, -0.15) is 13.2 Å². The van der Waals surface area contributed by atoms with E-state index in [-0.39, 0.29) is 17.4 Å². The third-order valence-electron chi connectivity index (χ3n) is 4.45. The van der Waals surface area contributed by atoms with Gasteiger partial charge in [-0.3, -0.25) is 4.79 Å². The molecule has 1 unspecified atom stereocenters. The minimum absolute atomic E-state index is 0.00289. The minimum atomic E-state index is -5.14. The highest BCUT2D eigenvalue weighted by Gasteiger charge is 2.63. The molecule has 130 valence electrons. The van der Waals surface area contributed by atoms with Gasteiger partial charge in [-0.1, -0.05) is 31.4 Å². The Morgan fingerprint density at radius 1 is 1.21 bits per heavy atom. The van der Waals surface area contributed by atoms with Crippen LogP contribution in [0, 0.1) is 0 Å². The minimum Gasteiger partial charge on any atom is -0.449 e. The molecule has 0 bridgehead atoms. The van der Waals surface area contributed by atoms with E-state index < -0.39 is 23.3 Å². The lowest BCUT2D eigenvalue weighted by Crippen LogP contribution is -2.56. The predicted octanol–water partition coefficient (Wildman–Crippen LogP) is 3.32. The fraction of sp³-hybridized carbons (Fsp3) is 0.471. The molecule has 2 N–H and O–H groups in total. The number of ether oxygens (including phenoxy) is 1. The number of rotatable bonds is 2. The zero-order chi connectivity index (χ0) is 17.4. The van der Waals surface area contributed by atoms with E-state index in [2.05, 4.69) is 5.32 Å². The number of nitrogens with one attached hydrogen (secondary N) is 1. The summed E-state index contributed by atoms with van der Waals surface area (Å²) in [7, 11) is 0. The van der Waals surface area contributed by atoms with Gasteiger partial charge in [-0.15, -0.1) is 0 Å². The maximum Gasteiger partial charge on any atom is 0.460 e. The lowest BCUT2D eigenvalue weighted by Gasteiger charge is -2.36. The summed E-state index contributed by atoms with van der Waals surface area (Å²) in [6, 6.07) is 5.58. The van der Waals surface area contributed by atoms with Crippen molar-refractivity contribution in [2.75, 3.05) is 0 Å². The first-order valence-electron chi connectivity index (χ1n) is 7.91. The maximum atomic E-state index is 13.4. The Bertz CT molecular complexity index is 665. The van der Waals surface area contributed by atoms with Crippen molar-refractivity contribution in [1.82, 2.24) is 5.32 Å². The number of Topliss-reactive ketones (excluding diaryl/α,β-unsaturated/α-hetero) is 1. The van der Waals surface area contributed by atoms with Gasteiger partial charge < -0.3 is 15.2 Å². The van der Waals surface area contributed by atoms with Crippen molar-refractivity contribution in [2.45, 2.75) is 50.1 Å². The largest absolute Gasteiger partial charge is 0.460 e. The van der Waals surface area contributed by atoms with E-state index in [1.807, 2.05) is 0 Å².